The van der Waals surface area contributed by atoms with Crippen LogP contribution in [0.3, 0.4) is 0 Å². The van der Waals surface area contributed by atoms with E-state index in [1.807, 2.05) is 66.7 Å². The highest BCUT2D eigenvalue weighted by Gasteiger charge is 2.30. The zero-order valence-corrected chi connectivity index (χ0v) is 23.4. The Balaban J connectivity index is 1.23. The van der Waals surface area contributed by atoms with Crippen molar-refractivity contribution in [3.8, 4) is 22.6 Å². The van der Waals surface area contributed by atoms with Crippen molar-refractivity contribution in [1.29, 1.82) is 0 Å². The molecule has 1 aliphatic rings. The van der Waals surface area contributed by atoms with Crippen molar-refractivity contribution in [1.82, 2.24) is 5.32 Å². The van der Waals surface area contributed by atoms with Gasteiger partial charge in [-0.25, -0.2) is 9.59 Å². The summed E-state index contributed by atoms with van der Waals surface area (Å²) in [6.07, 6.45) is -0.712. The summed E-state index contributed by atoms with van der Waals surface area (Å²) >= 11 is 3.40. The van der Waals surface area contributed by atoms with Crippen LogP contribution in [0.1, 0.15) is 28.2 Å². The minimum atomic E-state index is -1.18. The Morgan fingerprint density at radius 1 is 0.925 bits per heavy atom. The molecule has 0 heterocycles. The Labute approximate surface area is 240 Å². The van der Waals surface area contributed by atoms with Gasteiger partial charge in [-0.15, -0.1) is 0 Å². The van der Waals surface area contributed by atoms with Crippen LogP contribution in [0.2, 0.25) is 0 Å². The molecule has 0 bridgehead atoms. The molecule has 0 aliphatic heterocycles. The van der Waals surface area contributed by atoms with E-state index in [0.717, 1.165) is 32.3 Å². The summed E-state index contributed by atoms with van der Waals surface area (Å²) in [5, 5.41) is 12.4. The molecule has 1 unspecified atom stereocenters. The molecule has 0 fully saturated rings. The van der Waals surface area contributed by atoms with Gasteiger partial charge in [0.15, 0.2) is 0 Å². The maximum Gasteiger partial charge on any atom is 0.407 e. The molecule has 0 saturated heterocycles. The normalized spacial score (nSPS) is 12.7. The molecule has 0 saturated carbocycles. The number of nitrogens with one attached hydrogen (secondary N) is 1. The van der Waals surface area contributed by atoms with E-state index in [0.29, 0.717) is 17.1 Å². The molecule has 0 spiro atoms. The van der Waals surface area contributed by atoms with E-state index < -0.39 is 18.1 Å². The second-order valence-corrected chi connectivity index (χ2v) is 10.4. The molecule has 4 aromatic carbocycles. The second-order valence-electron chi connectivity index (χ2n) is 9.45. The van der Waals surface area contributed by atoms with Crippen molar-refractivity contribution in [2.75, 3.05) is 13.7 Å². The number of alkyl carbamates (subject to hydrolysis) is 1. The number of methoxy groups -OCH3 is 1. The van der Waals surface area contributed by atoms with Crippen LogP contribution in [0.15, 0.2) is 95.5 Å². The van der Waals surface area contributed by atoms with Crippen LogP contribution in [0, 0.1) is 0 Å². The summed E-state index contributed by atoms with van der Waals surface area (Å²) < 4.78 is 17.9. The molecular weight excluding hydrogens is 574 g/mol. The Morgan fingerprint density at radius 3 is 2.20 bits per heavy atom. The third-order valence-electron chi connectivity index (χ3n) is 6.93. The number of carboxylic acids is 1. The average molecular weight is 602 g/mol. The first kappa shape index (κ1) is 27.3. The van der Waals surface area contributed by atoms with E-state index >= 15 is 0 Å². The summed E-state index contributed by atoms with van der Waals surface area (Å²) in [5.41, 5.74) is 5.88. The zero-order chi connectivity index (χ0) is 28.1. The first-order valence-corrected chi connectivity index (χ1v) is 13.6. The molecule has 7 nitrogen and oxygen atoms in total. The lowest BCUT2D eigenvalue weighted by Gasteiger charge is -2.18. The van der Waals surface area contributed by atoms with Crippen molar-refractivity contribution in [2.24, 2.45) is 0 Å². The number of halogens is 1. The summed E-state index contributed by atoms with van der Waals surface area (Å²) in [4.78, 5) is 24.8. The number of hydrogen-bond acceptors (Lipinski definition) is 5. The van der Waals surface area contributed by atoms with Crippen LogP contribution in [-0.2, 0) is 22.6 Å². The fourth-order valence-corrected chi connectivity index (χ4v) is 5.25. The molecule has 1 amide bonds. The fraction of sp³-hybridized carbons (Fsp3) is 0.188. The maximum atomic E-state index is 12.7. The van der Waals surface area contributed by atoms with Crippen LogP contribution in [0.5, 0.6) is 11.5 Å². The molecule has 4 aromatic rings. The predicted octanol–water partition coefficient (Wildman–Crippen LogP) is 6.57. The zero-order valence-electron chi connectivity index (χ0n) is 21.8. The van der Waals surface area contributed by atoms with E-state index in [-0.39, 0.29) is 25.6 Å². The van der Waals surface area contributed by atoms with E-state index in [1.54, 1.807) is 19.2 Å². The number of benzene rings is 4. The van der Waals surface area contributed by atoms with Crippen LogP contribution in [0.25, 0.3) is 11.1 Å². The summed E-state index contributed by atoms with van der Waals surface area (Å²) in [7, 11) is 1.57. The lowest BCUT2D eigenvalue weighted by molar-refractivity contribution is -0.139. The molecule has 0 aromatic heterocycles. The highest BCUT2D eigenvalue weighted by Crippen LogP contribution is 2.44. The van der Waals surface area contributed by atoms with Gasteiger partial charge < -0.3 is 24.6 Å². The van der Waals surface area contributed by atoms with Gasteiger partial charge in [0.1, 0.15) is 30.8 Å². The van der Waals surface area contributed by atoms with Crippen molar-refractivity contribution in [2.45, 2.75) is 25.0 Å². The lowest BCUT2D eigenvalue weighted by Crippen LogP contribution is -2.42. The van der Waals surface area contributed by atoms with Gasteiger partial charge in [0, 0.05) is 22.4 Å². The van der Waals surface area contributed by atoms with Gasteiger partial charge in [0.25, 0.3) is 0 Å². The predicted molar refractivity (Wildman–Crippen MR) is 155 cm³/mol. The van der Waals surface area contributed by atoms with E-state index in [4.69, 9.17) is 14.2 Å². The number of carbonyl (C=O) groups is 2. The third-order valence-corrected chi connectivity index (χ3v) is 7.46. The Hall–Kier alpha value is -4.30. The van der Waals surface area contributed by atoms with Crippen LogP contribution in [-0.4, -0.2) is 36.9 Å². The van der Waals surface area contributed by atoms with Crippen molar-refractivity contribution >= 4 is 28.0 Å². The van der Waals surface area contributed by atoms with Gasteiger partial charge >= 0.3 is 12.1 Å². The van der Waals surface area contributed by atoms with Crippen LogP contribution >= 0.6 is 15.9 Å². The standard InChI is InChI=1S/C32H28BrNO6/c1-38-30-15-10-20(16-21(30)18-39-23-13-11-22(33)12-14-23)17-29(31(35)36)34-32(37)40-19-28-26-8-4-2-6-24(26)25-7-3-5-9-27(25)28/h2-16,28-29H,17-19H2,1H3,(H,34,37)(H,35,36). The van der Waals surface area contributed by atoms with Crippen molar-refractivity contribution < 1.29 is 28.9 Å². The highest BCUT2D eigenvalue weighted by molar-refractivity contribution is 9.10. The summed E-state index contributed by atoms with van der Waals surface area (Å²) in [6.45, 7) is 0.336. The highest BCUT2D eigenvalue weighted by atomic mass is 79.9. The molecule has 2 N–H and O–H groups in total. The number of rotatable bonds is 10. The molecule has 204 valence electrons. The fourth-order valence-electron chi connectivity index (χ4n) is 4.98. The molecule has 8 heteroatoms. The molecule has 5 rings (SSSR count). The maximum absolute atomic E-state index is 12.7. The molecule has 1 atom stereocenters. The number of amides is 1. The van der Waals surface area contributed by atoms with Gasteiger partial charge in [-0.2, -0.15) is 0 Å². The minimum absolute atomic E-state index is 0.0643. The largest absolute Gasteiger partial charge is 0.496 e. The number of ether oxygens (including phenoxy) is 3. The van der Waals surface area contributed by atoms with Crippen LogP contribution in [0.4, 0.5) is 4.79 Å². The van der Waals surface area contributed by atoms with Crippen molar-refractivity contribution in [3.05, 3.63) is 118 Å². The average Bonchev–Trinajstić information content (AvgIpc) is 3.29. The Kier molecular flexibility index (Phi) is 8.36. The summed E-state index contributed by atoms with van der Waals surface area (Å²) in [6, 6.07) is 27.7. The Bertz CT molecular complexity index is 1470. The topological polar surface area (TPSA) is 94.1 Å². The smallest absolute Gasteiger partial charge is 0.407 e. The van der Waals surface area contributed by atoms with E-state index in [1.165, 1.54) is 0 Å². The van der Waals surface area contributed by atoms with Gasteiger partial charge in [-0.3, -0.25) is 0 Å². The number of carbonyl (C=O) groups excluding carboxylic acids is 1. The number of carboxylic acid groups (broad SMARTS) is 1. The van der Waals surface area contributed by atoms with Gasteiger partial charge in [-0.05, 0) is 64.2 Å². The van der Waals surface area contributed by atoms with Crippen LogP contribution < -0.4 is 14.8 Å². The van der Waals surface area contributed by atoms with E-state index in [2.05, 4.69) is 33.4 Å². The molecule has 0 radical (unpaired) electrons. The summed E-state index contributed by atoms with van der Waals surface area (Å²) in [5.74, 6) is 0.0431. The molecule has 1 aliphatic carbocycles. The third kappa shape index (κ3) is 6.13. The van der Waals surface area contributed by atoms with Gasteiger partial charge in [-0.1, -0.05) is 70.5 Å². The van der Waals surface area contributed by atoms with E-state index in [9.17, 15) is 14.7 Å². The quantitative estimate of drug-likeness (QED) is 0.213. The molecule has 40 heavy (non-hydrogen) atoms. The number of fused-ring (bicyclic) bond motifs is 3. The number of hydrogen-bond donors (Lipinski definition) is 2. The second kappa shape index (κ2) is 12.3. The Morgan fingerprint density at radius 2 is 1.57 bits per heavy atom. The SMILES string of the molecule is COc1ccc(CC(NC(=O)OCC2c3ccccc3-c3ccccc32)C(=O)O)cc1COc1ccc(Br)cc1. The first-order chi connectivity index (χ1) is 19.4. The number of aliphatic carboxylic acids is 1. The van der Waals surface area contributed by atoms with Gasteiger partial charge in [0.05, 0.1) is 7.11 Å². The van der Waals surface area contributed by atoms with Gasteiger partial charge in [0.2, 0.25) is 0 Å². The first-order valence-electron chi connectivity index (χ1n) is 12.8. The lowest BCUT2D eigenvalue weighted by atomic mass is 9.98. The monoisotopic (exact) mass is 601 g/mol. The minimum Gasteiger partial charge on any atom is -0.496 e. The van der Waals surface area contributed by atoms with Crippen molar-refractivity contribution in [3.63, 3.8) is 0 Å². The molecular formula is C32H28BrNO6.